The third-order valence-corrected chi connectivity index (χ3v) is 3.08. The molecule has 10 nitrogen and oxygen atoms in total. The Bertz CT molecular complexity index is 816. The number of carbonyl (C=O) groups excluding carboxylic acids is 2. The van der Waals surface area contributed by atoms with Crippen molar-refractivity contribution in [3.05, 3.63) is 39.4 Å². The van der Waals surface area contributed by atoms with Gasteiger partial charge < -0.3 is 14.8 Å². The van der Waals surface area contributed by atoms with Gasteiger partial charge in [-0.3, -0.25) is 10.1 Å². The number of nitro groups is 1. The Balaban J connectivity index is 3.15. The van der Waals surface area contributed by atoms with Crippen LogP contribution in [0.15, 0.2) is 18.2 Å². The molecule has 0 heterocycles. The maximum atomic E-state index is 12.2. The van der Waals surface area contributed by atoms with Gasteiger partial charge >= 0.3 is 12.1 Å². The second-order valence-electron chi connectivity index (χ2n) is 6.38. The number of ether oxygens (including phenoxy) is 2. The number of alkyl carbamates (subject to hydrolysis) is 1. The van der Waals surface area contributed by atoms with Gasteiger partial charge in [-0.05, 0) is 32.9 Å². The van der Waals surface area contributed by atoms with Gasteiger partial charge in [0, 0.05) is 18.1 Å². The molecule has 0 aliphatic heterocycles. The second kappa shape index (κ2) is 9.15. The van der Waals surface area contributed by atoms with Gasteiger partial charge in [0.25, 0.3) is 5.69 Å². The molecule has 10 heteroatoms. The Labute approximate surface area is 155 Å². The highest BCUT2D eigenvalue weighted by Gasteiger charge is 2.28. The summed E-state index contributed by atoms with van der Waals surface area (Å²) in [6, 6.07) is 5.78. The average Bonchev–Trinajstić information content (AvgIpc) is 2.56. The molecule has 0 aliphatic carbocycles. The summed E-state index contributed by atoms with van der Waals surface area (Å²) in [5.74, 6) is -0.959. The van der Waals surface area contributed by atoms with E-state index in [1.54, 1.807) is 26.8 Å². The molecule has 0 aliphatic rings. The fraction of sp³-hybridized carbons (Fsp3) is 0.412. The number of hydrogen-bond donors (Lipinski definition) is 1. The van der Waals surface area contributed by atoms with E-state index in [0.29, 0.717) is 0 Å². The summed E-state index contributed by atoms with van der Waals surface area (Å²) in [5.41, 5.74) is -0.957. The van der Waals surface area contributed by atoms with Crippen molar-refractivity contribution in [3.8, 4) is 12.1 Å². The van der Waals surface area contributed by atoms with Crippen LogP contribution >= 0.6 is 0 Å². The van der Waals surface area contributed by atoms with Crippen molar-refractivity contribution in [1.82, 2.24) is 5.32 Å². The Hall–Kier alpha value is -3.66. The molecule has 0 fully saturated rings. The van der Waals surface area contributed by atoms with E-state index in [-0.39, 0.29) is 23.2 Å². The van der Waals surface area contributed by atoms with E-state index in [2.05, 4.69) is 5.32 Å². The number of hydrogen-bond acceptors (Lipinski definition) is 8. The molecule has 1 aromatic rings. The number of rotatable bonds is 6. The fourth-order valence-corrected chi connectivity index (χ4v) is 2.06. The molecule has 1 atom stereocenters. The van der Waals surface area contributed by atoms with Crippen molar-refractivity contribution in [3.63, 3.8) is 0 Å². The summed E-state index contributed by atoms with van der Waals surface area (Å²) < 4.78 is 9.78. The van der Waals surface area contributed by atoms with Crippen molar-refractivity contribution >= 4 is 17.7 Å². The van der Waals surface area contributed by atoms with Gasteiger partial charge in [0.15, 0.2) is 6.61 Å². The Morgan fingerprint density at radius 3 is 2.52 bits per heavy atom. The van der Waals surface area contributed by atoms with E-state index < -0.39 is 35.2 Å². The molecule has 0 bridgehead atoms. The molecule has 1 aromatic carbocycles. The lowest BCUT2D eigenvalue weighted by Crippen LogP contribution is -2.45. The molecule has 1 amide bonds. The number of nitriles is 2. The van der Waals surface area contributed by atoms with Crippen molar-refractivity contribution < 1.29 is 24.0 Å². The van der Waals surface area contributed by atoms with Crippen LogP contribution < -0.4 is 5.32 Å². The highest BCUT2D eigenvalue weighted by Crippen LogP contribution is 2.22. The van der Waals surface area contributed by atoms with Crippen molar-refractivity contribution in [2.24, 2.45) is 0 Å². The quantitative estimate of drug-likeness (QED) is 0.450. The van der Waals surface area contributed by atoms with Gasteiger partial charge in [0.1, 0.15) is 17.7 Å². The topological polar surface area (TPSA) is 155 Å². The SMILES string of the molecule is CC(C)(C)OC(=O)N[C@@H](Cc1cc(C#N)ccc1[N+](=O)[O-])C(=O)OCC#N. The van der Waals surface area contributed by atoms with Crippen LogP contribution in [0.5, 0.6) is 0 Å². The van der Waals surface area contributed by atoms with Gasteiger partial charge in [-0.1, -0.05) is 0 Å². The van der Waals surface area contributed by atoms with Crippen LogP contribution in [0.1, 0.15) is 31.9 Å². The minimum Gasteiger partial charge on any atom is -0.449 e. The zero-order chi connectivity index (χ0) is 20.6. The van der Waals surface area contributed by atoms with E-state index in [1.807, 2.05) is 6.07 Å². The second-order valence-corrected chi connectivity index (χ2v) is 6.38. The molecule has 27 heavy (non-hydrogen) atoms. The highest BCUT2D eigenvalue weighted by molar-refractivity contribution is 5.82. The van der Waals surface area contributed by atoms with Crippen molar-refractivity contribution in [2.75, 3.05) is 6.61 Å². The number of benzene rings is 1. The maximum absolute atomic E-state index is 12.2. The minimum absolute atomic E-state index is 0.0500. The van der Waals surface area contributed by atoms with Crippen LogP contribution in [0.2, 0.25) is 0 Å². The summed E-state index contributed by atoms with van der Waals surface area (Å²) in [6.45, 7) is 4.32. The first-order chi connectivity index (χ1) is 12.6. The predicted octanol–water partition coefficient (Wildman–Crippen LogP) is 1.97. The summed E-state index contributed by atoms with van der Waals surface area (Å²) in [4.78, 5) is 34.7. The number of nitrogens with zero attached hydrogens (tertiary/aromatic N) is 3. The monoisotopic (exact) mass is 374 g/mol. The van der Waals surface area contributed by atoms with Gasteiger partial charge in [-0.15, -0.1) is 0 Å². The van der Waals surface area contributed by atoms with Crippen LogP contribution in [0, 0.1) is 32.8 Å². The molecule has 0 radical (unpaired) electrons. The van der Waals surface area contributed by atoms with Crippen LogP contribution in [-0.4, -0.2) is 35.2 Å². The number of carbonyl (C=O) groups is 2. The molecule has 0 unspecified atom stereocenters. The summed E-state index contributed by atoms with van der Waals surface area (Å²) >= 11 is 0. The number of nitro benzene ring substituents is 1. The molecular formula is C17H18N4O6. The molecule has 142 valence electrons. The highest BCUT2D eigenvalue weighted by atomic mass is 16.6. The van der Waals surface area contributed by atoms with Gasteiger partial charge in [-0.2, -0.15) is 10.5 Å². The summed E-state index contributed by atoms with van der Waals surface area (Å²) in [6.07, 6.45) is -1.25. The van der Waals surface area contributed by atoms with Crippen LogP contribution in [-0.2, 0) is 20.7 Å². The van der Waals surface area contributed by atoms with Gasteiger partial charge in [-0.25, -0.2) is 9.59 Å². The Morgan fingerprint density at radius 1 is 1.33 bits per heavy atom. The molecular weight excluding hydrogens is 356 g/mol. The summed E-state index contributed by atoms with van der Waals surface area (Å²) in [5, 5.41) is 31.0. The largest absolute Gasteiger partial charge is 0.449 e. The lowest BCUT2D eigenvalue weighted by atomic mass is 10.0. The van der Waals surface area contributed by atoms with Crippen LogP contribution in [0.3, 0.4) is 0 Å². The first kappa shape index (κ1) is 21.4. The molecule has 0 spiro atoms. The smallest absolute Gasteiger partial charge is 0.408 e. The van der Waals surface area contributed by atoms with E-state index in [9.17, 15) is 19.7 Å². The number of nitrogens with one attached hydrogen (secondary N) is 1. The Kier molecular flexibility index (Phi) is 7.25. The molecule has 0 saturated carbocycles. The lowest BCUT2D eigenvalue weighted by molar-refractivity contribution is -0.385. The first-order valence-electron chi connectivity index (χ1n) is 7.78. The minimum atomic E-state index is -1.35. The summed E-state index contributed by atoms with van der Waals surface area (Å²) in [7, 11) is 0. The van der Waals surface area contributed by atoms with E-state index in [1.165, 1.54) is 12.1 Å². The number of amides is 1. The first-order valence-corrected chi connectivity index (χ1v) is 7.78. The zero-order valence-corrected chi connectivity index (χ0v) is 15.0. The fourth-order valence-electron chi connectivity index (χ4n) is 2.06. The average molecular weight is 374 g/mol. The van der Waals surface area contributed by atoms with E-state index >= 15 is 0 Å². The zero-order valence-electron chi connectivity index (χ0n) is 15.0. The Morgan fingerprint density at radius 2 is 2.00 bits per heavy atom. The number of esters is 1. The van der Waals surface area contributed by atoms with Crippen LogP contribution in [0.4, 0.5) is 10.5 Å². The standard InChI is InChI=1S/C17H18N4O6/c1-17(2,3)27-16(23)20-13(15(22)26-7-6-18)9-12-8-11(10-19)4-5-14(12)21(24)25/h4-5,8,13H,7,9H2,1-3H3,(H,20,23)/t13-/m0/s1. The normalized spacial score (nSPS) is 11.4. The van der Waals surface area contributed by atoms with Gasteiger partial charge in [0.05, 0.1) is 16.6 Å². The van der Waals surface area contributed by atoms with Gasteiger partial charge in [0.2, 0.25) is 0 Å². The maximum Gasteiger partial charge on any atom is 0.408 e. The van der Waals surface area contributed by atoms with Crippen molar-refractivity contribution in [2.45, 2.75) is 38.8 Å². The predicted molar refractivity (Wildman–Crippen MR) is 91.2 cm³/mol. The third-order valence-electron chi connectivity index (χ3n) is 3.08. The van der Waals surface area contributed by atoms with Crippen LogP contribution in [0.25, 0.3) is 0 Å². The lowest BCUT2D eigenvalue weighted by Gasteiger charge is -2.22. The molecule has 1 N–H and O–H groups in total. The van der Waals surface area contributed by atoms with E-state index in [0.717, 1.165) is 6.07 Å². The van der Waals surface area contributed by atoms with E-state index in [4.69, 9.17) is 20.0 Å². The third kappa shape index (κ3) is 7.00. The van der Waals surface area contributed by atoms with Crippen molar-refractivity contribution in [1.29, 1.82) is 10.5 Å². The molecule has 0 aromatic heterocycles. The molecule has 0 saturated heterocycles. The molecule has 1 rings (SSSR count).